The van der Waals surface area contributed by atoms with Gasteiger partial charge in [0.1, 0.15) is 0 Å². The number of nitro benzene ring substituents is 1. The van der Waals surface area contributed by atoms with Crippen molar-refractivity contribution in [2.45, 2.75) is 6.92 Å². The van der Waals surface area contributed by atoms with Gasteiger partial charge in [0.25, 0.3) is 11.6 Å². The number of esters is 1. The number of para-hydroxylation sites is 1. The second-order valence-corrected chi connectivity index (χ2v) is 5.85. The molecule has 0 saturated heterocycles. The van der Waals surface area contributed by atoms with E-state index in [9.17, 15) is 19.7 Å². The summed E-state index contributed by atoms with van der Waals surface area (Å²) in [7, 11) is 1.53. The summed E-state index contributed by atoms with van der Waals surface area (Å²) in [5.74, 6) is -1.36. The molecular weight excluding hydrogens is 366 g/mol. The minimum Gasteiger partial charge on any atom is -0.452 e. The predicted octanol–water partition coefficient (Wildman–Crippen LogP) is 2.76. The third kappa shape index (κ3) is 5.78. The third-order valence-electron chi connectivity index (χ3n) is 3.81. The molecule has 0 atom stereocenters. The van der Waals surface area contributed by atoms with Gasteiger partial charge >= 0.3 is 5.97 Å². The molecule has 0 fully saturated rings. The number of nitrogens with zero attached hydrogens (tertiary/aromatic N) is 1. The van der Waals surface area contributed by atoms with Crippen LogP contribution in [0.15, 0.2) is 42.5 Å². The summed E-state index contributed by atoms with van der Waals surface area (Å²) < 4.78 is 9.97. The highest BCUT2D eigenvalue weighted by molar-refractivity contribution is 5.99. The van der Waals surface area contributed by atoms with Crippen molar-refractivity contribution in [3.05, 3.63) is 63.7 Å². The summed E-state index contributed by atoms with van der Waals surface area (Å²) in [6.07, 6.45) is 0. The molecule has 28 heavy (non-hydrogen) atoms. The fraction of sp³-hybridized carbons (Fsp3) is 0.263. The smallest absolute Gasteiger partial charge is 0.341 e. The Balaban J connectivity index is 2.06. The number of aryl methyl sites for hydroxylation is 1. The molecule has 2 aromatic carbocycles. The van der Waals surface area contributed by atoms with Gasteiger partial charge in [0, 0.05) is 37.2 Å². The number of benzene rings is 2. The van der Waals surface area contributed by atoms with E-state index in [1.54, 1.807) is 12.1 Å². The Labute approximate surface area is 161 Å². The topological polar surface area (TPSA) is 120 Å². The normalized spacial score (nSPS) is 10.2. The van der Waals surface area contributed by atoms with Gasteiger partial charge in [-0.2, -0.15) is 0 Å². The fourth-order valence-electron chi connectivity index (χ4n) is 2.36. The Bertz CT molecular complexity index is 868. The number of nitrogens with one attached hydrogen (secondary N) is 2. The number of ether oxygens (including phenoxy) is 2. The van der Waals surface area contributed by atoms with E-state index in [0.29, 0.717) is 24.5 Å². The Morgan fingerprint density at radius 2 is 1.89 bits per heavy atom. The molecule has 9 heteroatoms. The van der Waals surface area contributed by atoms with Gasteiger partial charge in [-0.3, -0.25) is 14.9 Å². The predicted molar refractivity (Wildman–Crippen MR) is 104 cm³/mol. The average Bonchev–Trinajstić information content (AvgIpc) is 2.68. The molecule has 0 aliphatic heterocycles. The summed E-state index contributed by atoms with van der Waals surface area (Å²) in [5.41, 5.74) is 1.54. The van der Waals surface area contributed by atoms with Crippen LogP contribution in [0.25, 0.3) is 0 Å². The minimum absolute atomic E-state index is 0.0333. The van der Waals surface area contributed by atoms with E-state index >= 15 is 0 Å². The van der Waals surface area contributed by atoms with Crippen LogP contribution in [0, 0.1) is 17.0 Å². The summed E-state index contributed by atoms with van der Waals surface area (Å²) in [5, 5.41) is 16.6. The lowest BCUT2D eigenvalue weighted by atomic mass is 10.1. The molecule has 0 radical (unpaired) electrons. The maximum atomic E-state index is 12.4. The number of nitro groups is 1. The van der Waals surface area contributed by atoms with E-state index in [4.69, 9.17) is 9.47 Å². The minimum atomic E-state index is -0.844. The van der Waals surface area contributed by atoms with Crippen molar-refractivity contribution in [2.75, 3.05) is 37.5 Å². The molecule has 0 spiro atoms. The zero-order valence-electron chi connectivity index (χ0n) is 15.6. The standard InChI is InChI=1S/C19H21N3O6/c1-13-5-3-4-6-16(13)21-18(23)12-28-19(24)15-11-14(22(25)26)7-8-17(15)20-9-10-27-2/h3-8,11,20H,9-10,12H2,1-2H3,(H,21,23). The zero-order valence-corrected chi connectivity index (χ0v) is 15.6. The van der Waals surface area contributed by atoms with Gasteiger partial charge in [-0.05, 0) is 24.6 Å². The van der Waals surface area contributed by atoms with Crippen LogP contribution in [0.5, 0.6) is 0 Å². The highest BCUT2D eigenvalue weighted by atomic mass is 16.6. The zero-order chi connectivity index (χ0) is 20.5. The number of carbonyl (C=O) groups excluding carboxylic acids is 2. The number of non-ortho nitro benzene ring substituents is 1. The second-order valence-electron chi connectivity index (χ2n) is 5.85. The molecule has 0 aliphatic carbocycles. The molecule has 1 amide bonds. The second kappa shape index (κ2) is 10.0. The molecule has 0 unspecified atom stereocenters. The molecular formula is C19H21N3O6. The summed E-state index contributed by atoms with van der Waals surface area (Å²) >= 11 is 0. The highest BCUT2D eigenvalue weighted by Gasteiger charge is 2.19. The number of methoxy groups -OCH3 is 1. The van der Waals surface area contributed by atoms with Crippen LogP contribution in [0.2, 0.25) is 0 Å². The average molecular weight is 387 g/mol. The molecule has 2 aromatic rings. The summed E-state index contributed by atoms with van der Waals surface area (Å²) in [6, 6.07) is 11.0. The van der Waals surface area contributed by atoms with Crippen LogP contribution in [0.3, 0.4) is 0 Å². The van der Waals surface area contributed by atoms with Crippen LogP contribution < -0.4 is 10.6 Å². The third-order valence-corrected chi connectivity index (χ3v) is 3.81. The van der Waals surface area contributed by atoms with Crippen molar-refractivity contribution in [3.63, 3.8) is 0 Å². The molecule has 148 valence electrons. The molecule has 0 aliphatic rings. The largest absolute Gasteiger partial charge is 0.452 e. The van der Waals surface area contributed by atoms with E-state index in [2.05, 4.69) is 10.6 Å². The first-order valence-electron chi connectivity index (χ1n) is 8.46. The monoisotopic (exact) mass is 387 g/mol. The molecule has 0 heterocycles. The van der Waals surface area contributed by atoms with Crippen molar-refractivity contribution in [3.8, 4) is 0 Å². The van der Waals surface area contributed by atoms with E-state index in [-0.39, 0.29) is 11.3 Å². The van der Waals surface area contributed by atoms with Crippen LogP contribution in [-0.2, 0) is 14.3 Å². The number of rotatable bonds is 9. The lowest BCUT2D eigenvalue weighted by molar-refractivity contribution is -0.384. The van der Waals surface area contributed by atoms with Gasteiger partial charge in [-0.25, -0.2) is 4.79 Å². The van der Waals surface area contributed by atoms with Gasteiger partial charge in [-0.15, -0.1) is 0 Å². The van der Waals surface area contributed by atoms with Crippen LogP contribution >= 0.6 is 0 Å². The molecule has 2 N–H and O–H groups in total. The number of amides is 1. The first kappa shape index (κ1) is 20.8. The van der Waals surface area contributed by atoms with Crippen LogP contribution in [-0.4, -0.2) is 43.7 Å². The van der Waals surface area contributed by atoms with Gasteiger partial charge in [-0.1, -0.05) is 18.2 Å². The van der Waals surface area contributed by atoms with E-state index in [1.807, 2.05) is 19.1 Å². The SMILES string of the molecule is COCCNc1ccc([N+](=O)[O-])cc1C(=O)OCC(=O)Nc1ccccc1C. The van der Waals surface area contributed by atoms with Crippen molar-refractivity contribution >= 4 is 28.9 Å². The Hall–Kier alpha value is -3.46. The van der Waals surface area contributed by atoms with E-state index in [0.717, 1.165) is 11.6 Å². The first-order valence-corrected chi connectivity index (χ1v) is 8.46. The number of hydrogen-bond donors (Lipinski definition) is 2. The van der Waals surface area contributed by atoms with Crippen molar-refractivity contribution < 1.29 is 24.0 Å². The maximum absolute atomic E-state index is 12.4. The van der Waals surface area contributed by atoms with Crippen molar-refractivity contribution in [1.82, 2.24) is 0 Å². The molecule has 9 nitrogen and oxygen atoms in total. The Morgan fingerprint density at radius 3 is 2.57 bits per heavy atom. The van der Waals surface area contributed by atoms with Gasteiger partial charge < -0.3 is 20.1 Å². The fourth-order valence-corrected chi connectivity index (χ4v) is 2.36. The quantitative estimate of drug-likeness (QED) is 0.294. The maximum Gasteiger partial charge on any atom is 0.341 e. The van der Waals surface area contributed by atoms with Crippen LogP contribution in [0.4, 0.5) is 17.1 Å². The van der Waals surface area contributed by atoms with Crippen molar-refractivity contribution in [2.24, 2.45) is 0 Å². The van der Waals surface area contributed by atoms with E-state index in [1.165, 1.54) is 19.2 Å². The van der Waals surface area contributed by atoms with Gasteiger partial charge in [0.2, 0.25) is 0 Å². The first-order chi connectivity index (χ1) is 13.4. The van der Waals surface area contributed by atoms with Crippen molar-refractivity contribution in [1.29, 1.82) is 0 Å². The molecule has 0 aromatic heterocycles. The number of anilines is 2. The lowest BCUT2D eigenvalue weighted by Gasteiger charge is -2.12. The number of carbonyl (C=O) groups is 2. The molecule has 0 saturated carbocycles. The van der Waals surface area contributed by atoms with Gasteiger partial charge in [0.15, 0.2) is 6.61 Å². The van der Waals surface area contributed by atoms with Gasteiger partial charge in [0.05, 0.1) is 17.1 Å². The summed E-state index contributed by atoms with van der Waals surface area (Å²) in [4.78, 5) is 34.8. The Kier molecular flexibility index (Phi) is 7.46. The summed E-state index contributed by atoms with van der Waals surface area (Å²) in [6.45, 7) is 2.09. The Morgan fingerprint density at radius 1 is 1.14 bits per heavy atom. The molecule has 2 rings (SSSR count). The lowest BCUT2D eigenvalue weighted by Crippen LogP contribution is -2.22. The number of hydrogen-bond acceptors (Lipinski definition) is 7. The van der Waals surface area contributed by atoms with Crippen LogP contribution in [0.1, 0.15) is 15.9 Å². The molecule has 0 bridgehead atoms. The van der Waals surface area contributed by atoms with E-state index < -0.39 is 23.4 Å². The highest BCUT2D eigenvalue weighted by Crippen LogP contribution is 2.23.